The van der Waals surface area contributed by atoms with Gasteiger partial charge in [-0.1, -0.05) is 6.58 Å². The third-order valence-corrected chi connectivity index (χ3v) is 2.32. The molecule has 15 heavy (non-hydrogen) atoms. The highest BCUT2D eigenvalue weighted by Gasteiger charge is 2.23. The van der Waals surface area contributed by atoms with Crippen molar-refractivity contribution in [2.24, 2.45) is 0 Å². The molecule has 1 heterocycles. The first-order chi connectivity index (χ1) is 7.13. The molecule has 0 aromatic heterocycles. The number of ether oxygens (including phenoxy) is 3. The lowest BCUT2D eigenvalue weighted by molar-refractivity contribution is -0.193. The molecule has 1 saturated heterocycles. The quantitative estimate of drug-likeness (QED) is 0.527. The van der Waals surface area contributed by atoms with Crippen LogP contribution in [0.5, 0.6) is 0 Å². The van der Waals surface area contributed by atoms with E-state index in [9.17, 15) is 4.79 Å². The topological polar surface area (TPSA) is 44.8 Å². The van der Waals surface area contributed by atoms with Crippen molar-refractivity contribution in [2.45, 2.75) is 38.6 Å². The van der Waals surface area contributed by atoms with Gasteiger partial charge in [-0.3, -0.25) is 0 Å². The first-order valence-electron chi connectivity index (χ1n) is 5.14. The van der Waals surface area contributed by atoms with E-state index in [1.165, 1.54) is 0 Å². The van der Waals surface area contributed by atoms with Gasteiger partial charge in [-0.15, -0.1) is 0 Å². The number of hydrogen-bond acceptors (Lipinski definition) is 4. The molecule has 86 valence electrons. The van der Waals surface area contributed by atoms with Gasteiger partial charge in [0.15, 0.2) is 6.29 Å². The molecule has 1 fully saturated rings. The highest BCUT2D eigenvalue weighted by atomic mass is 16.7. The molecule has 0 spiro atoms. The van der Waals surface area contributed by atoms with Crippen LogP contribution in [0.3, 0.4) is 0 Å². The van der Waals surface area contributed by atoms with E-state index >= 15 is 0 Å². The summed E-state index contributed by atoms with van der Waals surface area (Å²) in [6.45, 7) is 5.42. The lowest BCUT2D eigenvalue weighted by Crippen LogP contribution is -2.32. The lowest BCUT2D eigenvalue weighted by Gasteiger charge is -2.28. The van der Waals surface area contributed by atoms with Gasteiger partial charge in [0.1, 0.15) is 6.61 Å². The average molecular weight is 214 g/mol. The normalized spacial score (nSPS) is 26.0. The zero-order valence-corrected chi connectivity index (χ0v) is 9.32. The summed E-state index contributed by atoms with van der Waals surface area (Å²) in [5, 5.41) is 0. The van der Waals surface area contributed by atoms with Gasteiger partial charge in [-0.25, -0.2) is 4.79 Å². The van der Waals surface area contributed by atoms with Gasteiger partial charge in [-0.2, -0.15) is 0 Å². The van der Waals surface area contributed by atoms with E-state index in [1.54, 1.807) is 14.0 Å². The molecule has 0 aliphatic carbocycles. The number of methoxy groups -OCH3 is 1. The van der Waals surface area contributed by atoms with Gasteiger partial charge >= 0.3 is 5.97 Å². The number of carbonyl (C=O) groups is 1. The second kappa shape index (κ2) is 5.88. The van der Waals surface area contributed by atoms with Crippen LogP contribution in [0.25, 0.3) is 0 Å². The molecule has 0 bridgehead atoms. The maximum atomic E-state index is 11.1. The van der Waals surface area contributed by atoms with E-state index in [1.807, 2.05) is 0 Å². The highest BCUT2D eigenvalue weighted by molar-refractivity contribution is 5.86. The zero-order chi connectivity index (χ0) is 11.3. The van der Waals surface area contributed by atoms with Crippen LogP contribution in [0.1, 0.15) is 26.2 Å². The van der Waals surface area contributed by atoms with Crippen molar-refractivity contribution in [3.8, 4) is 0 Å². The molecule has 4 nitrogen and oxygen atoms in total. The van der Waals surface area contributed by atoms with Crippen molar-refractivity contribution in [1.29, 1.82) is 0 Å². The molecular formula is C11H18O4. The summed E-state index contributed by atoms with van der Waals surface area (Å²) in [5.41, 5.74) is 0.411. The fourth-order valence-corrected chi connectivity index (χ4v) is 1.45. The Morgan fingerprint density at radius 1 is 1.53 bits per heavy atom. The Kier molecular flexibility index (Phi) is 4.78. The predicted molar refractivity (Wildman–Crippen MR) is 55.3 cm³/mol. The molecule has 0 N–H and O–H groups in total. The lowest BCUT2D eigenvalue weighted by atomic mass is 10.1. The summed E-state index contributed by atoms with van der Waals surface area (Å²) in [7, 11) is 1.62. The number of rotatable bonds is 4. The van der Waals surface area contributed by atoms with Crippen LogP contribution in [0.15, 0.2) is 12.2 Å². The average Bonchev–Trinajstić information content (AvgIpc) is 2.26. The molecule has 4 heteroatoms. The van der Waals surface area contributed by atoms with Crippen LogP contribution in [-0.2, 0) is 19.0 Å². The van der Waals surface area contributed by atoms with Gasteiger partial charge < -0.3 is 14.2 Å². The van der Waals surface area contributed by atoms with Gasteiger partial charge in [0.05, 0.1) is 6.10 Å². The van der Waals surface area contributed by atoms with E-state index in [4.69, 9.17) is 14.2 Å². The van der Waals surface area contributed by atoms with E-state index in [-0.39, 0.29) is 25.0 Å². The third-order valence-electron chi connectivity index (χ3n) is 2.32. The molecule has 2 atom stereocenters. The predicted octanol–water partition coefficient (Wildman–Crippen LogP) is 1.65. The van der Waals surface area contributed by atoms with Crippen LogP contribution in [-0.4, -0.2) is 32.1 Å². The van der Waals surface area contributed by atoms with E-state index < -0.39 is 0 Å². The second-order valence-electron chi connectivity index (χ2n) is 3.73. The SMILES string of the molecule is C=C(C)C(=O)OCC1CCCC(OC)O1. The Morgan fingerprint density at radius 3 is 2.87 bits per heavy atom. The van der Waals surface area contributed by atoms with Crippen LogP contribution in [0.2, 0.25) is 0 Å². The van der Waals surface area contributed by atoms with Gasteiger partial charge in [-0.05, 0) is 26.2 Å². The van der Waals surface area contributed by atoms with Crippen LogP contribution >= 0.6 is 0 Å². The molecular weight excluding hydrogens is 196 g/mol. The van der Waals surface area contributed by atoms with E-state index in [0.29, 0.717) is 5.57 Å². The molecule has 0 radical (unpaired) electrons. The molecule has 1 aliphatic rings. The maximum Gasteiger partial charge on any atom is 0.333 e. The van der Waals surface area contributed by atoms with Gasteiger partial charge in [0, 0.05) is 12.7 Å². The largest absolute Gasteiger partial charge is 0.460 e. The highest BCUT2D eigenvalue weighted by Crippen LogP contribution is 2.19. The number of esters is 1. The zero-order valence-electron chi connectivity index (χ0n) is 9.32. The summed E-state index contributed by atoms with van der Waals surface area (Å²) in [6.07, 6.45) is 2.64. The molecule has 1 rings (SSSR count). The first-order valence-corrected chi connectivity index (χ1v) is 5.14. The molecule has 1 aliphatic heterocycles. The van der Waals surface area contributed by atoms with Crippen LogP contribution in [0, 0.1) is 0 Å². The van der Waals surface area contributed by atoms with Crippen molar-refractivity contribution >= 4 is 5.97 Å². The monoisotopic (exact) mass is 214 g/mol. The van der Waals surface area contributed by atoms with Crippen molar-refractivity contribution in [3.63, 3.8) is 0 Å². The van der Waals surface area contributed by atoms with Crippen molar-refractivity contribution in [2.75, 3.05) is 13.7 Å². The Morgan fingerprint density at radius 2 is 2.27 bits per heavy atom. The summed E-state index contributed by atoms with van der Waals surface area (Å²) in [5.74, 6) is -0.363. The first kappa shape index (κ1) is 12.2. The standard InChI is InChI=1S/C11H18O4/c1-8(2)11(12)14-7-9-5-4-6-10(13-3)15-9/h9-10H,1,4-7H2,2-3H3. The van der Waals surface area contributed by atoms with E-state index in [2.05, 4.69) is 6.58 Å². The van der Waals surface area contributed by atoms with Crippen molar-refractivity contribution in [3.05, 3.63) is 12.2 Å². The molecule has 0 aromatic rings. The second-order valence-corrected chi connectivity index (χ2v) is 3.73. The summed E-state index contributed by atoms with van der Waals surface area (Å²) in [6, 6.07) is 0. The molecule has 0 amide bonds. The number of carbonyl (C=O) groups excluding carboxylic acids is 1. The Bertz CT molecular complexity index is 237. The summed E-state index contributed by atoms with van der Waals surface area (Å²) in [4.78, 5) is 11.1. The van der Waals surface area contributed by atoms with Crippen LogP contribution in [0.4, 0.5) is 0 Å². The Balaban J connectivity index is 2.26. The molecule has 2 unspecified atom stereocenters. The molecule has 0 aromatic carbocycles. The van der Waals surface area contributed by atoms with Crippen LogP contribution < -0.4 is 0 Å². The fourth-order valence-electron chi connectivity index (χ4n) is 1.45. The number of hydrogen-bond donors (Lipinski definition) is 0. The Labute approximate surface area is 90.2 Å². The van der Waals surface area contributed by atoms with Crippen molar-refractivity contribution < 1.29 is 19.0 Å². The van der Waals surface area contributed by atoms with Gasteiger partial charge in [0.25, 0.3) is 0 Å². The Hall–Kier alpha value is -0.870. The van der Waals surface area contributed by atoms with Gasteiger partial charge in [0.2, 0.25) is 0 Å². The minimum atomic E-state index is -0.363. The molecule has 0 saturated carbocycles. The summed E-state index contributed by atoms with van der Waals surface area (Å²) < 4.78 is 15.6. The summed E-state index contributed by atoms with van der Waals surface area (Å²) >= 11 is 0. The smallest absolute Gasteiger partial charge is 0.333 e. The maximum absolute atomic E-state index is 11.1. The third kappa shape index (κ3) is 4.01. The minimum absolute atomic E-state index is 0.0491. The van der Waals surface area contributed by atoms with Crippen molar-refractivity contribution in [1.82, 2.24) is 0 Å². The minimum Gasteiger partial charge on any atom is -0.460 e. The fraction of sp³-hybridized carbons (Fsp3) is 0.727. The van der Waals surface area contributed by atoms with E-state index in [0.717, 1.165) is 19.3 Å².